The minimum atomic E-state index is 0.0567. The Hall–Kier alpha value is -3.13. The predicted molar refractivity (Wildman–Crippen MR) is 88.3 cm³/mol. The van der Waals surface area contributed by atoms with Crippen LogP contribution in [0.15, 0.2) is 36.4 Å². The molecular formula is C16H16N6O2. The molecule has 0 amide bonds. The number of aliphatic hydroxyl groups excluding tert-OH is 1. The molecule has 2 aromatic heterocycles. The molecule has 0 fully saturated rings. The summed E-state index contributed by atoms with van der Waals surface area (Å²) >= 11 is 0. The molecule has 0 spiro atoms. The fourth-order valence-corrected chi connectivity index (χ4v) is 2.30. The molecule has 122 valence electrons. The third-order valence-corrected chi connectivity index (χ3v) is 3.63. The Morgan fingerprint density at radius 3 is 2.12 bits per heavy atom. The van der Waals surface area contributed by atoms with Gasteiger partial charge < -0.3 is 5.11 Å². The first kappa shape index (κ1) is 15.8. The van der Waals surface area contributed by atoms with Crippen LogP contribution in [0.1, 0.15) is 15.9 Å². The number of rotatable bonds is 2. The number of aryl methyl sites for hydroxylation is 2. The van der Waals surface area contributed by atoms with E-state index in [0.717, 1.165) is 33.9 Å². The second kappa shape index (κ2) is 6.55. The number of aromatic nitrogens is 6. The number of aldehydes is 1. The summed E-state index contributed by atoms with van der Waals surface area (Å²) in [6, 6.07) is 10.9. The van der Waals surface area contributed by atoms with Crippen molar-refractivity contribution >= 4 is 28.4 Å². The van der Waals surface area contributed by atoms with Gasteiger partial charge in [0.15, 0.2) is 0 Å². The van der Waals surface area contributed by atoms with Gasteiger partial charge in [0, 0.05) is 19.7 Å². The normalized spacial score (nSPS) is 10.6. The van der Waals surface area contributed by atoms with Crippen molar-refractivity contribution in [3.05, 3.63) is 47.5 Å². The zero-order chi connectivity index (χ0) is 17.1. The van der Waals surface area contributed by atoms with Crippen LogP contribution < -0.4 is 0 Å². The number of fused-ring (bicyclic) bond motifs is 2. The molecule has 0 unspecified atom stereocenters. The van der Waals surface area contributed by atoms with E-state index in [4.69, 9.17) is 5.11 Å². The lowest BCUT2D eigenvalue weighted by Gasteiger charge is -1.95. The van der Waals surface area contributed by atoms with Gasteiger partial charge in [-0.2, -0.15) is 0 Å². The van der Waals surface area contributed by atoms with E-state index in [0.29, 0.717) is 5.56 Å². The first-order valence-electron chi connectivity index (χ1n) is 7.26. The second-order valence-corrected chi connectivity index (χ2v) is 5.27. The van der Waals surface area contributed by atoms with Crippen molar-refractivity contribution in [1.82, 2.24) is 30.0 Å². The highest BCUT2D eigenvalue weighted by Gasteiger charge is 2.01. The molecule has 24 heavy (non-hydrogen) atoms. The summed E-state index contributed by atoms with van der Waals surface area (Å²) in [6.07, 6.45) is 0.812. The number of carbonyl (C=O) groups excluding carboxylic acids is 1. The zero-order valence-electron chi connectivity index (χ0n) is 13.3. The number of nitrogens with zero attached hydrogens (tertiary/aromatic N) is 6. The van der Waals surface area contributed by atoms with Gasteiger partial charge >= 0.3 is 0 Å². The van der Waals surface area contributed by atoms with Crippen LogP contribution in [-0.4, -0.2) is 41.4 Å². The molecule has 0 saturated carbocycles. The van der Waals surface area contributed by atoms with Crippen LogP contribution in [0.5, 0.6) is 0 Å². The fraction of sp³-hybridized carbons (Fsp3) is 0.188. The van der Waals surface area contributed by atoms with Gasteiger partial charge in [0.1, 0.15) is 17.3 Å². The first-order valence-corrected chi connectivity index (χ1v) is 7.26. The summed E-state index contributed by atoms with van der Waals surface area (Å²) in [5, 5.41) is 24.4. The summed E-state index contributed by atoms with van der Waals surface area (Å²) in [5.41, 5.74) is 5.01. The molecule has 0 aliphatic carbocycles. The fourth-order valence-electron chi connectivity index (χ4n) is 2.30. The Kier molecular flexibility index (Phi) is 4.30. The lowest BCUT2D eigenvalue weighted by atomic mass is 10.2. The maximum atomic E-state index is 10.4. The molecule has 0 atom stereocenters. The Morgan fingerprint density at radius 2 is 1.54 bits per heavy atom. The maximum Gasteiger partial charge on any atom is 0.150 e. The lowest BCUT2D eigenvalue weighted by molar-refractivity contribution is 0.112. The Labute approximate surface area is 137 Å². The van der Waals surface area contributed by atoms with E-state index in [1.165, 1.54) is 0 Å². The molecule has 8 heteroatoms. The van der Waals surface area contributed by atoms with Crippen LogP contribution in [0.3, 0.4) is 0 Å². The van der Waals surface area contributed by atoms with Crippen molar-refractivity contribution in [1.29, 1.82) is 0 Å². The van der Waals surface area contributed by atoms with Gasteiger partial charge in [-0.05, 0) is 35.9 Å². The third-order valence-electron chi connectivity index (χ3n) is 3.63. The standard InChI is InChI=1S/C8H9N3O.C8H7N3O/c2*1-11-8-4-6(5-12)2-3-7(8)9-10-11/h2-4,12H,5H2,1H3;2-5H,1H3. The van der Waals surface area contributed by atoms with Crippen molar-refractivity contribution in [2.75, 3.05) is 0 Å². The number of hydrogen-bond donors (Lipinski definition) is 1. The highest BCUT2D eigenvalue weighted by molar-refractivity contribution is 5.84. The molecule has 8 nitrogen and oxygen atoms in total. The summed E-state index contributed by atoms with van der Waals surface area (Å²) in [4.78, 5) is 10.4. The average molecular weight is 324 g/mol. The summed E-state index contributed by atoms with van der Waals surface area (Å²) in [5.74, 6) is 0. The Bertz CT molecular complexity index is 1000. The molecule has 0 aliphatic rings. The number of hydrogen-bond acceptors (Lipinski definition) is 6. The van der Waals surface area contributed by atoms with Crippen molar-refractivity contribution in [3.8, 4) is 0 Å². The van der Waals surface area contributed by atoms with Gasteiger partial charge in [-0.1, -0.05) is 16.5 Å². The predicted octanol–water partition coefficient (Wildman–Crippen LogP) is 1.24. The van der Waals surface area contributed by atoms with Crippen molar-refractivity contribution < 1.29 is 9.90 Å². The van der Waals surface area contributed by atoms with E-state index in [9.17, 15) is 4.79 Å². The molecule has 2 aromatic carbocycles. The second-order valence-electron chi connectivity index (χ2n) is 5.27. The van der Waals surface area contributed by atoms with E-state index in [-0.39, 0.29) is 6.61 Å². The molecule has 0 saturated heterocycles. The average Bonchev–Trinajstić information content (AvgIpc) is 3.18. The van der Waals surface area contributed by atoms with Crippen LogP contribution in [-0.2, 0) is 20.7 Å². The highest BCUT2D eigenvalue weighted by atomic mass is 16.3. The van der Waals surface area contributed by atoms with E-state index < -0.39 is 0 Å². The smallest absolute Gasteiger partial charge is 0.150 e. The van der Waals surface area contributed by atoms with Crippen molar-refractivity contribution in [2.45, 2.75) is 6.61 Å². The van der Waals surface area contributed by atoms with E-state index in [1.54, 1.807) is 34.6 Å². The SMILES string of the molecule is Cn1nnc2ccc(C=O)cc21.Cn1nnc2ccc(CO)cc21. The summed E-state index contributed by atoms with van der Waals surface area (Å²) < 4.78 is 3.33. The largest absolute Gasteiger partial charge is 0.392 e. The minimum Gasteiger partial charge on any atom is -0.392 e. The van der Waals surface area contributed by atoms with E-state index in [1.807, 2.05) is 25.2 Å². The number of benzene rings is 2. The summed E-state index contributed by atoms with van der Waals surface area (Å²) in [6.45, 7) is 0.0567. The highest BCUT2D eigenvalue weighted by Crippen LogP contribution is 2.12. The monoisotopic (exact) mass is 324 g/mol. The van der Waals surface area contributed by atoms with E-state index >= 15 is 0 Å². The number of aliphatic hydroxyl groups is 1. The van der Waals surface area contributed by atoms with Gasteiger partial charge in [0.2, 0.25) is 0 Å². The lowest BCUT2D eigenvalue weighted by Crippen LogP contribution is -1.90. The van der Waals surface area contributed by atoms with Crippen LogP contribution >= 0.6 is 0 Å². The Balaban J connectivity index is 0.000000141. The quantitative estimate of drug-likeness (QED) is 0.557. The minimum absolute atomic E-state index is 0.0567. The van der Waals surface area contributed by atoms with Gasteiger partial charge in [-0.3, -0.25) is 4.79 Å². The molecule has 0 radical (unpaired) electrons. The topological polar surface area (TPSA) is 98.7 Å². The summed E-state index contributed by atoms with van der Waals surface area (Å²) in [7, 11) is 3.63. The van der Waals surface area contributed by atoms with Crippen LogP contribution in [0.4, 0.5) is 0 Å². The first-order chi connectivity index (χ1) is 11.6. The van der Waals surface area contributed by atoms with Crippen LogP contribution in [0.25, 0.3) is 22.1 Å². The molecule has 4 aromatic rings. The van der Waals surface area contributed by atoms with Gasteiger partial charge in [-0.15, -0.1) is 10.2 Å². The van der Waals surface area contributed by atoms with E-state index in [2.05, 4.69) is 20.6 Å². The van der Waals surface area contributed by atoms with Gasteiger partial charge in [-0.25, -0.2) is 9.36 Å². The molecule has 4 rings (SSSR count). The molecule has 1 N–H and O–H groups in total. The maximum absolute atomic E-state index is 10.4. The molecular weight excluding hydrogens is 308 g/mol. The zero-order valence-corrected chi connectivity index (χ0v) is 13.3. The molecule has 0 aliphatic heterocycles. The van der Waals surface area contributed by atoms with Crippen LogP contribution in [0, 0.1) is 0 Å². The Morgan fingerprint density at radius 1 is 0.958 bits per heavy atom. The van der Waals surface area contributed by atoms with Crippen molar-refractivity contribution in [2.24, 2.45) is 14.1 Å². The van der Waals surface area contributed by atoms with Crippen LogP contribution in [0.2, 0.25) is 0 Å². The van der Waals surface area contributed by atoms with Crippen molar-refractivity contribution in [3.63, 3.8) is 0 Å². The third kappa shape index (κ3) is 2.99. The van der Waals surface area contributed by atoms with Gasteiger partial charge in [0.05, 0.1) is 17.6 Å². The number of carbonyl (C=O) groups is 1. The molecule has 0 bridgehead atoms. The molecule has 2 heterocycles. The van der Waals surface area contributed by atoms with Gasteiger partial charge in [0.25, 0.3) is 0 Å².